The van der Waals surface area contributed by atoms with Gasteiger partial charge >= 0.3 is 5.97 Å². The highest BCUT2D eigenvalue weighted by Crippen LogP contribution is 2.19. The van der Waals surface area contributed by atoms with Crippen LogP contribution in [0.4, 0.5) is 0 Å². The van der Waals surface area contributed by atoms with Crippen LogP contribution in [-0.2, 0) is 4.79 Å². The van der Waals surface area contributed by atoms with Gasteiger partial charge in [-0.3, -0.25) is 4.79 Å². The van der Waals surface area contributed by atoms with E-state index in [0.29, 0.717) is 0 Å². The van der Waals surface area contributed by atoms with Crippen molar-refractivity contribution in [3.8, 4) is 11.8 Å². The minimum absolute atomic E-state index is 0.0683. The lowest BCUT2D eigenvalue weighted by molar-refractivity contribution is -0.112. The molecular formula is C10H6ClNO3. The smallest absolute Gasteiger partial charge is 0.338 e. The molecule has 0 aliphatic rings. The molecule has 1 aromatic carbocycles. The maximum Gasteiger partial charge on any atom is 0.338 e. The van der Waals surface area contributed by atoms with E-state index in [1.165, 1.54) is 12.1 Å². The fourth-order valence-corrected chi connectivity index (χ4v) is 1.23. The van der Waals surface area contributed by atoms with E-state index < -0.39 is 11.9 Å². The van der Waals surface area contributed by atoms with Gasteiger partial charge in [0, 0.05) is 11.5 Å². The zero-order chi connectivity index (χ0) is 11.4. The molecule has 15 heavy (non-hydrogen) atoms. The van der Waals surface area contributed by atoms with Crippen molar-refractivity contribution in [2.45, 2.75) is 0 Å². The summed E-state index contributed by atoms with van der Waals surface area (Å²) >= 11 is 5.67. The first-order chi connectivity index (χ1) is 7.02. The average molecular weight is 224 g/mol. The van der Waals surface area contributed by atoms with Crippen molar-refractivity contribution < 1.29 is 14.7 Å². The zero-order valence-electron chi connectivity index (χ0n) is 7.45. The molecular weight excluding hydrogens is 218 g/mol. The van der Waals surface area contributed by atoms with Crippen LogP contribution in [0, 0.1) is 11.8 Å². The number of carbonyl (C=O) groups is 2. The molecule has 0 unspecified atom stereocenters. The Morgan fingerprint density at radius 1 is 1.40 bits per heavy atom. The molecule has 0 atom stereocenters. The number of nitrogens with two attached hydrogens (primary N) is 1. The van der Waals surface area contributed by atoms with Gasteiger partial charge in [0.2, 0.25) is 0 Å². The fraction of sp³-hybridized carbons (Fsp3) is 0. The van der Waals surface area contributed by atoms with Crippen molar-refractivity contribution in [2.24, 2.45) is 5.73 Å². The SMILES string of the molecule is NC(=O)C#Cc1cccc(Cl)c1C(=O)O. The van der Waals surface area contributed by atoms with Crippen molar-refractivity contribution in [1.29, 1.82) is 0 Å². The van der Waals surface area contributed by atoms with Gasteiger partial charge in [0.1, 0.15) is 0 Å². The van der Waals surface area contributed by atoms with Crippen LogP contribution in [0.5, 0.6) is 0 Å². The number of hydrogen-bond donors (Lipinski definition) is 2. The minimum Gasteiger partial charge on any atom is -0.478 e. The molecule has 0 spiro atoms. The Morgan fingerprint density at radius 3 is 2.60 bits per heavy atom. The number of rotatable bonds is 1. The molecule has 0 bridgehead atoms. The van der Waals surface area contributed by atoms with Gasteiger partial charge in [0.15, 0.2) is 0 Å². The number of primary amides is 1. The molecule has 1 amide bonds. The number of halogens is 1. The maximum atomic E-state index is 10.8. The first-order valence-corrected chi connectivity index (χ1v) is 4.23. The van der Waals surface area contributed by atoms with Crippen LogP contribution in [0.25, 0.3) is 0 Å². The van der Waals surface area contributed by atoms with Crippen LogP contribution in [0.3, 0.4) is 0 Å². The van der Waals surface area contributed by atoms with Crippen LogP contribution in [0.15, 0.2) is 18.2 Å². The van der Waals surface area contributed by atoms with Crippen molar-refractivity contribution >= 4 is 23.5 Å². The summed E-state index contributed by atoms with van der Waals surface area (Å²) in [5.41, 5.74) is 4.84. The molecule has 0 saturated carbocycles. The lowest BCUT2D eigenvalue weighted by Crippen LogP contribution is -2.07. The van der Waals surface area contributed by atoms with E-state index in [4.69, 9.17) is 22.4 Å². The molecule has 0 aliphatic carbocycles. The quantitative estimate of drug-likeness (QED) is 0.694. The fourth-order valence-electron chi connectivity index (χ4n) is 0.975. The van der Waals surface area contributed by atoms with E-state index in [9.17, 15) is 9.59 Å². The van der Waals surface area contributed by atoms with Crippen molar-refractivity contribution in [2.75, 3.05) is 0 Å². The highest BCUT2D eigenvalue weighted by atomic mass is 35.5. The number of amides is 1. The minimum atomic E-state index is -1.20. The topological polar surface area (TPSA) is 80.4 Å². The third kappa shape index (κ3) is 2.73. The predicted molar refractivity (Wildman–Crippen MR) is 54.5 cm³/mol. The zero-order valence-corrected chi connectivity index (χ0v) is 8.21. The highest BCUT2D eigenvalue weighted by molar-refractivity contribution is 6.33. The van der Waals surface area contributed by atoms with Gasteiger partial charge in [-0.1, -0.05) is 23.6 Å². The molecule has 5 heteroatoms. The number of hydrogen-bond acceptors (Lipinski definition) is 2. The Balaban J connectivity index is 3.31. The Kier molecular flexibility index (Phi) is 3.32. The monoisotopic (exact) mass is 223 g/mol. The Bertz CT molecular complexity index is 485. The van der Waals surface area contributed by atoms with Gasteiger partial charge in [-0.25, -0.2) is 4.79 Å². The van der Waals surface area contributed by atoms with Gasteiger partial charge in [0.25, 0.3) is 5.91 Å². The van der Waals surface area contributed by atoms with Crippen molar-refractivity contribution in [3.05, 3.63) is 34.3 Å². The normalized spacial score (nSPS) is 8.87. The largest absolute Gasteiger partial charge is 0.478 e. The summed E-state index contributed by atoms with van der Waals surface area (Å²) in [5.74, 6) is 2.37. The average Bonchev–Trinajstić information content (AvgIpc) is 2.13. The molecule has 0 saturated heterocycles. The first-order valence-electron chi connectivity index (χ1n) is 3.85. The number of carbonyl (C=O) groups excluding carboxylic acids is 1. The molecule has 76 valence electrons. The summed E-state index contributed by atoms with van der Waals surface area (Å²) < 4.78 is 0. The molecule has 3 N–H and O–H groups in total. The van der Waals surface area contributed by atoms with E-state index in [1.54, 1.807) is 6.07 Å². The van der Waals surface area contributed by atoms with E-state index in [1.807, 2.05) is 0 Å². The molecule has 4 nitrogen and oxygen atoms in total. The number of aromatic carboxylic acids is 1. The molecule has 0 heterocycles. The Hall–Kier alpha value is -1.99. The maximum absolute atomic E-state index is 10.8. The van der Waals surface area contributed by atoms with Crippen LogP contribution < -0.4 is 5.73 Å². The molecule has 0 fully saturated rings. The molecule has 0 aromatic heterocycles. The standard InChI is InChI=1S/C10H6ClNO3/c11-7-3-1-2-6(4-5-8(12)13)9(7)10(14)15/h1-3H,(H2,12,13)(H,14,15). The van der Waals surface area contributed by atoms with Crippen molar-refractivity contribution in [3.63, 3.8) is 0 Å². The number of benzene rings is 1. The van der Waals surface area contributed by atoms with E-state index in [2.05, 4.69) is 11.8 Å². The summed E-state index contributed by atoms with van der Waals surface area (Å²) in [6, 6.07) is 4.42. The second-order valence-electron chi connectivity index (χ2n) is 2.58. The number of carboxylic acid groups (broad SMARTS) is 1. The van der Waals surface area contributed by atoms with Gasteiger partial charge in [-0.2, -0.15) is 0 Å². The Morgan fingerprint density at radius 2 is 2.07 bits per heavy atom. The van der Waals surface area contributed by atoms with Gasteiger partial charge in [0.05, 0.1) is 10.6 Å². The van der Waals surface area contributed by atoms with Crippen molar-refractivity contribution in [1.82, 2.24) is 0 Å². The highest BCUT2D eigenvalue weighted by Gasteiger charge is 2.12. The number of carboxylic acids is 1. The van der Waals surface area contributed by atoms with Gasteiger partial charge in [-0.15, -0.1) is 0 Å². The Labute approximate surface area is 90.7 Å². The molecule has 0 radical (unpaired) electrons. The third-order valence-corrected chi connectivity index (χ3v) is 1.86. The molecule has 0 aliphatic heterocycles. The lowest BCUT2D eigenvalue weighted by Gasteiger charge is -2.00. The third-order valence-electron chi connectivity index (χ3n) is 1.55. The summed E-state index contributed by atoms with van der Waals surface area (Å²) in [6.45, 7) is 0. The van der Waals surface area contributed by atoms with E-state index >= 15 is 0 Å². The first kappa shape index (κ1) is 11.1. The second kappa shape index (κ2) is 4.49. The lowest BCUT2D eigenvalue weighted by atomic mass is 10.1. The van der Waals surface area contributed by atoms with Crippen LogP contribution >= 0.6 is 11.6 Å². The summed E-state index contributed by atoms with van der Waals surface area (Å²) in [5, 5.41) is 8.91. The summed E-state index contributed by atoms with van der Waals surface area (Å²) in [4.78, 5) is 21.2. The van der Waals surface area contributed by atoms with Crippen LogP contribution in [0.1, 0.15) is 15.9 Å². The van der Waals surface area contributed by atoms with Crippen LogP contribution in [0.2, 0.25) is 5.02 Å². The molecule has 1 rings (SSSR count). The van der Waals surface area contributed by atoms with E-state index in [0.717, 1.165) is 0 Å². The molecule has 1 aromatic rings. The summed E-state index contributed by atoms with van der Waals surface area (Å²) in [6.07, 6.45) is 0. The van der Waals surface area contributed by atoms with E-state index in [-0.39, 0.29) is 16.1 Å². The van der Waals surface area contributed by atoms with Gasteiger partial charge in [-0.05, 0) is 12.1 Å². The second-order valence-corrected chi connectivity index (χ2v) is 2.99. The van der Waals surface area contributed by atoms with Crippen LogP contribution in [-0.4, -0.2) is 17.0 Å². The predicted octanol–water partition coefficient (Wildman–Crippen LogP) is 0.875. The summed E-state index contributed by atoms with van der Waals surface area (Å²) in [7, 11) is 0. The van der Waals surface area contributed by atoms with Gasteiger partial charge < -0.3 is 10.8 Å².